The number of fused-ring (bicyclic) bond motifs is 1. The Hall–Kier alpha value is -1.56. The van der Waals surface area contributed by atoms with Crippen molar-refractivity contribution in [2.45, 2.75) is 13.3 Å². The second-order valence-corrected chi connectivity index (χ2v) is 2.96. The Kier molecular flexibility index (Phi) is 2.12. The quantitative estimate of drug-likeness (QED) is 0.694. The average molecular weight is 193 g/mol. The fraction of sp³-hybridized carbons (Fsp3) is 0.500. The lowest BCUT2D eigenvalue weighted by Crippen LogP contribution is -2.13. The minimum Gasteiger partial charge on any atom is -0.396 e. The molecule has 0 aromatic carbocycles. The SMILES string of the molecule is C/N=C1\C(CCO)=Nn2nc(C)nc21. The van der Waals surface area contributed by atoms with Gasteiger partial charge in [0.05, 0.1) is 5.71 Å². The van der Waals surface area contributed by atoms with Crippen molar-refractivity contribution in [2.75, 3.05) is 13.7 Å². The van der Waals surface area contributed by atoms with Crippen molar-refractivity contribution in [3.05, 3.63) is 11.6 Å². The van der Waals surface area contributed by atoms with E-state index in [1.165, 1.54) is 4.79 Å². The summed E-state index contributed by atoms with van der Waals surface area (Å²) in [6.07, 6.45) is 0.483. The van der Waals surface area contributed by atoms with Crippen LogP contribution in [0.5, 0.6) is 0 Å². The van der Waals surface area contributed by atoms with Gasteiger partial charge in [0.15, 0.2) is 5.82 Å². The monoisotopic (exact) mass is 193 g/mol. The molecular weight excluding hydrogens is 182 g/mol. The molecule has 6 nitrogen and oxygen atoms in total. The first-order valence-electron chi connectivity index (χ1n) is 4.36. The fourth-order valence-corrected chi connectivity index (χ4v) is 1.42. The largest absolute Gasteiger partial charge is 0.396 e. The molecule has 1 aromatic rings. The van der Waals surface area contributed by atoms with Gasteiger partial charge < -0.3 is 5.11 Å². The lowest BCUT2D eigenvalue weighted by Gasteiger charge is -1.96. The van der Waals surface area contributed by atoms with Gasteiger partial charge in [0, 0.05) is 20.1 Å². The van der Waals surface area contributed by atoms with Crippen LogP contribution in [-0.2, 0) is 0 Å². The van der Waals surface area contributed by atoms with Crippen molar-refractivity contribution in [2.24, 2.45) is 10.1 Å². The minimum atomic E-state index is 0.0572. The van der Waals surface area contributed by atoms with E-state index in [0.29, 0.717) is 18.1 Å². The van der Waals surface area contributed by atoms with E-state index in [1.807, 2.05) is 0 Å². The van der Waals surface area contributed by atoms with Crippen molar-refractivity contribution >= 4 is 11.4 Å². The molecule has 0 bridgehead atoms. The Balaban J connectivity index is 2.43. The molecule has 1 N–H and O–H groups in total. The van der Waals surface area contributed by atoms with E-state index in [2.05, 4.69) is 20.2 Å². The van der Waals surface area contributed by atoms with E-state index < -0.39 is 0 Å². The van der Waals surface area contributed by atoms with Crippen LogP contribution in [0.4, 0.5) is 0 Å². The number of aliphatic imine (C=N–C) groups is 1. The molecule has 74 valence electrons. The average Bonchev–Trinajstić information content (AvgIpc) is 2.61. The van der Waals surface area contributed by atoms with E-state index in [0.717, 1.165) is 11.4 Å². The van der Waals surface area contributed by atoms with Gasteiger partial charge in [-0.3, -0.25) is 4.99 Å². The molecule has 0 spiro atoms. The summed E-state index contributed by atoms with van der Waals surface area (Å²) in [4.78, 5) is 9.76. The maximum absolute atomic E-state index is 8.83. The van der Waals surface area contributed by atoms with Crippen LogP contribution < -0.4 is 0 Å². The van der Waals surface area contributed by atoms with Crippen LogP contribution in [0.15, 0.2) is 10.1 Å². The van der Waals surface area contributed by atoms with Crippen molar-refractivity contribution in [3.8, 4) is 0 Å². The third-order valence-corrected chi connectivity index (χ3v) is 1.97. The van der Waals surface area contributed by atoms with Crippen LogP contribution in [0.3, 0.4) is 0 Å². The van der Waals surface area contributed by atoms with Gasteiger partial charge in [0.1, 0.15) is 5.71 Å². The summed E-state index contributed by atoms with van der Waals surface area (Å²) >= 11 is 0. The van der Waals surface area contributed by atoms with Crippen molar-refractivity contribution in [1.29, 1.82) is 0 Å². The summed E-state index contributed by atoms with van der Waals surface area (Å²) in [7, 11) is 1.68. The van der Waals surface area contributed by atoms with E-state index >= 15 is 0 Å². The molecule has 6 heteroatoms. The number of aromatic nitrogens is 3. The van der Waals surface area contributed by atoms with Gasteiger partial charge in [0.2, 0.25) is 5.82 Å². The van der Waals surface area contributed by atoms with Gasteiger partial charge in [-0.05, 0) is 6.92 Å². The minimum absolute atomic E-state index is 0.0572. The summed E-state index contributed by atoms with van der Waals surface area (Å²) in [6, 6.07) is 0. The summed E-state index contributed by atoms with van der Waals surface area (Å²) in [5, 5.41) is 17.1. The van der Waals surface area contributed by atoms with Crippen LogP contribution in [-0.4, -0.2) is 45.1 Å². The Bertz CT molecular complexity index is 417. The zero-order valence-corrected chi connectivity index (χ0v) is 8.10. The van der Waals surface area contributed by atoms with Crippen LogP contribution in [0.1, 0.15) is 18.1 Å². The van der Waals surface area contributed by atoms with Gasteiger partial charge in [0.25, 0.3) is 0 Å². The topological polar surface area (TPSA) is 75.7 Å². The van der Waals surface area contributed by atoms with Crippen molar-refractivity contribution in [1.82, 2.24) is 14.9 Å². The number of hydrogen-bond acceptors (Lipinski definition) is 5. The Labute approximate surface area is 81.0 Å². The van der Waals surface area contributed by atoms with Gasteiger partial charge >= 0.3 is 0 Å². The second-order valence-electron chi connectivity index (χ2n) is 2.96. The highest BCUT2D eigenvalue weighted by molar-refractivity contribution is 6.48. The van der Waals surface area contributed by atoms with Crippen LogP contribution in [0, 0.1) is 6.92 Å². The van der Waals surface area contributed by atoms with Crippen molar-refractivity contribution in [3.63, 3.8) is 0 Å². The van der Waals surface area contributed by atoms with Crippen LogP contribution in [0.25, 0.3) is 0 Å². The summed E-state index contributed by atoms with van der Waals surface area (Å²) in [6.45, 7) is 1.86. The first kappa shape index (κ1) is 9.01. The Morgan fingerprint density at radius 1 is 1.50 bits per heavy atom. The summed E-state index contributed by atoms with van der Waals surface area (Å²) < 4.78 is 0. The Morgan fingerprint density at radius 3 is 2.93 bits per heavy atom. The van der Waals surface area contributed by atoms with Gasteiger partial charge in [-0.25, -0.2) is 4.98 Å². The molecule has 1 aromatic heterocycles. The molecule has 2 rings (SSSR count). The number of nitrogens with zero attached hydrogens (tertiary/aromatic N) is 5. The summed E-state index contributed by atoms with van der Waals surface area (Å²) in [5.74, 6) is 1.33. The van der Waals surface area contributed by atoms with Crippen molar-refractivity contribution < 1.29 is 5.11 Å². The maximum Gasteiger partial charge on any atom is 0.203 e. The number of rotatable bonds is 2. The molecular formula is C8H11N5O. The standard InChI is InChI=1S/C8H11N5O/c1-5-10-8-7(9-2)6(3-4-14)12-13(8)11-5/h14H,3-4H2,1-2H3/b9-7+. The molecule has 0 aliphatic carbocycles. The Morgan fingerprint density at radius 2 is 2.29 bits per heavy atom. The van der Waals surface area contributed by atoms with Gasteiger partial charge in [-0.15, -0.1) is 9.89 Å². The van der Waals surface area contributed by atoms with E-state index in [1.54, 1.807) is 14.0 Å². The smallest absolute Gasteiger partial charge is 0.203 e. The fourth-order valence-electron chi connectivity index (χ4n) is 1.42. The van der Waals surface area contributed by atoms with Gasteiger partial charge in [-0.2, -0.15) is 5.10 Å². The molecule has 14 heavy (non-hydrogen) atoms. The zero-order valence-electron chi connectivity index (χ0n) is 8.10. The first-order chi connectivity index (χ1) is 6.76. The number of aliphatic hydroxyl groups is 1. The first-order valence-corrected chi connectivity index (χ1v) is 4.36. The zero-order chi connectivity index (χ0) is 10.1. The number of hydrogen-bond donors (Lipinski definition) is 1. The van der Waals surface area contributed by atoms with E-state index in [-0.39, 0.29) is 6.61 Å². The second kappa shape index (κ2) is 3.30. The summed E-state index contributed by atoms with van der Waals surface area (Å²) in [5.41, 5.74) is 1.46. The molecule has 1 aliphatic rings. The predicted molar refractivity (Wildman–Crippen MR) is 51.8 cm³/mol. The molecule has 0 saturated heterocycles. The maximum atomic E-state index is 8.83. The molecule has 0 unspecified atom stereocenters. The number of aliphatic hydroxyl groups excluding tert-OH is 1. The third kappa shape index (κ3) is 1.24. The van der Waals surface area contributed by atoms with Crippen LogP contribution >= 0.6 is 0 Å². The highest BCUT2D eigenvalue weighted by atomic mass is 16.3. The van der Waals surface area contributed by atoms with Gasteiger partial charge in [-0.1, -0.05) is 0 Å². The predicted octanol–water partition coefficient (Wildman–Crippen LogP) is -0.394. The van der Waals surface area contributed by atoms with E-state index in [9.17, 15) is 0 Å². The lowest BCUT2D eigenvalue weighted by molar-refractivity contribution is 0.307. The molecule has 2 heterocycles. The molecule has 0 fully saturated rings. The molecule has 0 saturated carbocycles. The van der Waals surface area contributed by atoms with Crippen LogP contribution in [0.2, 0.25) is 0 Å². The third-order valence-electron chi connectivity index (χ3n) is 1.97. The molecule has 0 amide bonds. The number of aryl methyl sites for hydroxylation is 1. The van der Waals surface area contributed by atoms with E-state index in [4.69, 9.17) is 5.11 Å². The normalized spacial score (nSPS) is 17.4. The molecule has 1 aliphatic heterocycles. The molecule has 0 atom stereocenters. The highest BCUT2D eigenvalue weighted by Gasteiger charge is 2.24. The lowest BCUT2D eigenvalue weighted by atomic mass is 10.2. The highest BCUT2D eigenvalue weighted by Crippen LogP contribution is 2.11. The molecule has 0 radical (unpaired) electrons.